The maximum atomic E-state index is 4.08. The van der Waals surface area contributed by atoms with Gasteiger partial charge in [0, 0.05) is 12.4 Å². The molecule has 0 spiro atoms. The molecule has 0 aliphatic rings. The predicted molar refractivity (Wildman–Crippen MR) is 61.0 cm³/mol. The highest BCUT2D eigenvalue weighted by Crippen LogP contribution is 2.09. The van der Waals surface area contributed by atoms with Gasteiger partial charge in [-0.3, -0.25) is 4.98 Å². The maximum absolute atomic E-state index is 4.08. The van der Waals surface area contributed by atoms with Crippen LogP contribution < -0.4 is 5.32 Å². The monoisotopic (exact) mass is 190 g/mol. The van der Waals surface area contributed by atoms with Crippen LogP contribution in [0.1, 0.15) is 25.3 Å². The smallest absolute Gasteiger partial charge is 0.0340 e. The summed E-state index contributed by atoms with van der Waals surface area (Å²) in [6.07, 6.45) is 8.23. The number of hydrogen-bond donors (Lipinski definition) is 1. The van der Waals surface area contributed by atoms with Crippen LogP contribution in [0.4, 0.5) is 0 Å². The lowest BCUT2D eigenvalue weighted by atomic mass is 10.1. The molecule has 1 aromatic heterocycles. The van der Waals surface area contributed by atoms with Crippen molar-refractivity contribution in [2.45, 2.75) is 19.8 Å². The number of hydrogen-bond acceptors (Lipinski definition) is 2. The lowest BCUT2D eigenvalue weighted by Crippen LogP contribution is -2.07. The Labute approximate surface area is 86.1 Å². The van der Waals surface area contributed by atoms with E-state index in [1.54, 1.807) is 6.20 Å². The molecule has 0 saturated heterocycles. The Bertz CT molecular complexity index is 278. The van der Waals surface area contributed by atoms with E-state index in [4.69, 9.17) is 0 Å². The van der Waals surface area contributed by atoms with Crippen LogP contribution in [0.25, 0.3) is 6.08 Å². The number of aromatic nitrogens is 1. The maximum Gasteiger partial charge on any atom is 0.0340 e. The van der Waals surface area contributed by atoms with E-state index in [0.29, 0.717) is 0 Å². The summed E-state index contributed by atoms with van der Waals surface area (Å²) >= 11 is 0. The van der Waals surface area contributed by atoms with E-state index in [9.17, 15) is 0 Å². The minimum Gasteiger partial charge on any atom is -0.320 e. The lowest BCUT2D eigenvalue weighted by Gasteiger charge is -2.01. The third-order valence-electron chi connectivity index (χ3n) is 2.10. The van der Waals surface area contributed by atoms with Crippen LogP contribution in [0.3, 0.4) is 0 Å². The molecule has 0 aliphatic carbocycles. The summed E-state index contributed by atoms with van der Waals surface area (Å²) in [4.78, 5) is 4.08. The molecule has 0 saturated carbocycles. The van der Waals surface area contributed by atoms with Gasteiger partial charge in [-0.05, 0) is 45.0 Å². The van der Waals surface area contributed by atoms with Gasteiger partial charge in [0.05, 0.1) is 0 Å². The molecular weight excluding hydrogens is 172 g/mol. The Morgan fingerprint density at radius 1 is 1.57 bits per heavy atom. The highest BCUT2D eigenvalue weighted by atomic mass is 14.8. The van der Waals surface area contributed by atoms with Crippen molar-refractivity contribution >= 4 is 6.08 Å². The summed E-state index contributed by atoms with van der Waals surface area (Å²) in [5.41, 5.74) is 2.60. The molecule has 0 bridgehead atoms. The SMILES string of the molecule is CNCCCC(C)=Cc1cccnc1. The average molecular weight is 190 g/mol. The molecule has 0 aromatic carbocycles. The van der Waals surface area contributed by atoms with Gasteiger partial charge in [0.2, 0.25) is 0 Å². The Balaban J connectivity index is 2.43. The standard InChI is InChI=1S/C12H18N2/c1-11(5-3-7-13-2)9-12-6-4-8-14-10-12/h4,6,8-10,13H,3,5,7H2,1-2H3. The quantitative estimate of drug-likeness (QED) is 0.721. The van der Waals surface area contributed by atoms with E-state index in [-0.39, 0.29) is 0 Å². The Morgan fingerprint density at radius 2 is 2.43 bits per heavy atom. The van der Waals surface area contributed by atoms with Crippen molar-refractivity contribution < 1.29 is 0 Å². The fraction of sp³-hybridized carbons (Fsp3) is 0.417. The van der Waals surface area contributed by atoms with E-state index in [1.165, 1.54) is 17.6 Å². The first-order valence-electron chi connectivity index (χ1n) is 5.04. The van der Waals surface area contributed by atoms with E-state index in [0.717, 1.165) is 13.0 Å². The predicted octanol–water partition coefficient (Wildman–Crippen LogP) is 2.48. The van der Waals surface area contributed by atoms with Crippen LogP contribution in [0.15, 0.2) is 30.1 Å². The van der Waals surface area contributed by atoms with Crippen LogP contribution in [-0.2, 0) is 0 Å². The Kier molecular flexibility index (Phi) is 4.94. The van der Waals surface area contributed by atoms with Gasteiger partial charge < -0.3 is 5.32 Å². The third-order valence-corrected chi connectivity index (χ3v) is 2.10. The molecular formula is C12H18N2. The van der Waals surface area contributed by atoms with Crippen molar-refractivity contribution in [2.75, 3.05) is 13.6 Å². The summed E-state index contributed by atoms with van der Waals surface area (Å²) in [6.45, 7) is 3.25. The molecule has 1 aromatic rings. The van der Waals surface area contributed by atoms with Crippen LogP contribution in [-0.4, -0.2) is 18.6 Å². The number of nitrogens with zero attached hydrogens (tertiary/aromatic N) is 1. The zero-order valence-corrected chi connectivity index (χ0v) is 8.96. The molecule has 2 nitrogen and oxygen atoms in total. The Morgan fingerprint density at radius 3 is 3.07 bits per heavy atom. The molecule has 0 atom stereocenters. The zero-order valence-electron chi connectivity index (χ0n) is 8.96. The number of nitrogens with one attached hydrogen (secondary N) is 1. The summed E-state index contributed by atoms with van der Waals surface area (Å²) in [5, 5.41) is 3.15. The number of pyridine rings is 1. The second-order valence-electron chi connectivity index (χ2n) is 3.48. The summed E-state index contributed by atoms with van der Waals surface area (Å²) < 4.78 is 0. The van der Waals surface area contributed by atoms with E-state index in [1.807, 2.05) is 19.3 Å². The molecule has 1 N–H and O–H groups in total. The minimum atomic E-state index is 1.08. The lowest BCUT2D eigenvalue weighted by molar-refractivity contribution is 0.722. The van der Waals surface area contributed by atoms with Gasteiger partial charge in [-0.2, -0.15) is 0 Å². The average Bonchev–Trinajstić information content (AvgIpc) is 2.20. The fourth-order valence-electron chi connectivity index (χ4n) is 1.36. The second-order valence-corrected chi connectivity index (χ2v) is 3.48. The van der Waals surface area contributed by atoms with Crippen molar-refractivity contribution in [1.29, 1.82) is 0 Å². The summed E-state index contributed by atoms with van der Waals surface area (Å²) in [5.74, 6) is 0. The third kappa shape index (κ3) is 4.19. The van der Waals surface area contributed by atoms with E-state index >= 15 is 0 Å². The van der Waals surface area contributed by atoms with E-state index in [2.05, 4.69) is 29.4 Å². The first kappa shape index (κ1) is 10.9. The van der Waals surface area contributed by atoms with Crippen molar-refractivity contribution in [3.63, 3.8) is 0 Å². The van der Waals surface area contributed by atoms with Gasteiger partial charge in [0.25, 0.3) is 0 Å². The molecule has 0 radical (unpaired) electrons. The van der Waals surface area contributed by atoms with Crippen LogP contribution >= 0.6 is 0 Å². The van der Waals surface area contributed by atoms with Crippen LogP contribution in [0.2, 0.25) is 0 Å². The topological polar surface area (TPSA) is 24.9 Å². The largest absolute Gasteiger partial charge is 0.320 e. The van der Waals surface area contributed by atoms with E-state index < -0.39 is 0 Å². The summed E-state index contributed by atoms with van der Waals surface area (Å²) in [6, 6.07) is 4.04. The normalized spacial score (nSPS) is 11.7. The van der Waals surface area contributed by atoms with Gasteiger partial charge in [-0.25, -0.2) is 0 Å². The molecule has 0 amide bonds. The molecule has 76 valence electrons. The molecule has 1 rings (SSSR count). The Hall–Kier alpha value is -1.15. The molecule has 14 heavy (non-hydrogen) atoms. The van der Waals surface area contributed by atoms with Crippen molar-refractivity contribution in [3.05, 3.63) is 35.7 Å². The fourth-order valence-corrected chi connectivity index (χ4v) is 1.36. The highest BCUT2D eigenvalue weighted by molar-refractivity contribution is 5.50. The van der Waals surface area contributed by atoms with Gasteiger partial charge in [0.15, 0.2) is 0 Å². The first-order valence-corrected chi connectivity index (χ1v) is 5.04. The number of rotatable bonds is 5. The van der Waals surface area contributed by atoms with Gasteiger partial charge in [-0.15, -0.1) is 0 Å². The molecule has 0 aliphatic heterocycles. The zero-order chi connectivity index (χ0) is 10.2. The summed E-state index contributed by atoms with van der Waals surface area (Å²) in [7, 11) is 1.99. The van der Waals surface area contributed by atoms with Gasteiger partial charge >= 0.3 is 0 Å². The number of allylic oxidation sites excluding steroid dienone is 1. The van der Waals surface area contributed by atoms with Gasteiger partial charge in [-0.1, -0.05) is 17.7 Å². The molecule has 1 heterocycles. The highest BCUT2D eigenvalue weighted by Gasteiger charge is 1.91. The van der Waals surface area contributed by atoms with Gasteiger partial charge in [0.1, 0.15) is 0 Å². The second kappa shape index (κ2) is 6.33. The van der Waals surface area contributed by atoms with Crippen LogP contribution in [0.5, 0.6) is 0 Å². The van der Waals surface area contributed by atoms with Crippen molar-refractivity contribution in [2.24, 2.45) is 0 Å². The van der Waals surface area contributed by atoms with Crippen molar-refractivity contribution in [3.8, 4) is 0 Å². The minimum absolute atomic E-state index is 1.08. The van der Waals surface area contributed by atoms with Crippen LogP contribution in [0, 0.1) is 0 Å². The molecule has 2 heteroatoms. The first-order chi connectivity index (χ1) is 6.83. The van der Waals surface area contributed by atoms with Crippen molar-refractivity contribution in [1.82, 2.24) is 10.3 Å². The molecule has 0 unspecified atom stereocenters. The molecule has 0 fully saturated rings.